The monoisotopic (exact) mass is 521 g/mol. The van der Waals surface area contributed by atoms with Crippen molar-refractivity contribution in [3.63, 3.8) is 0 Å². The first kappa shape index (κ1) is 25.5. The third-order valence-corrected chi connectivity index (χ3v) is 6.44. The van der Waals surface area contributed by atoms with Gasteiger partial charge in [0.05, 0.1) is 17.7 Å². The first-order valence-corrected chi connectivity index (χ1v) is 12.4. The van der Waals surface area contributed by atoms with Gasteiger partial charge in [-0.15, -0.1) is 0 Å². The van der Waals surface area contributed by atoms with Crippen molar-refractivity contribution in [3.8, 4) is 11.4 Å². The minimum absolute atomic E-state index is 0.0198. The summed E-state index contributed by atoms with van der Waals surface area (Å²) in [7, 11) is 0. The Labute approximate surface area is 218 Å². The number of hydrogen-bond acceptors (Lipinski definition) is 4. The summed E-state index contributed by atoms with van der Waals surface area (Å²) >= 11 is 0. The van der Waals surface area contributed by atoms with E-state index in [1.54, 1.807) is 51.2 Å². The lowest BCUT2D eigenvalue weighted by atomic mass is 10.0. The van der Waals surface area contributed by atoms with Crippen LogP contribution in [-0.2, 0) is 24.3 Å². The Hall–Kier alpha value is -4.14. The molecule has 5 rings (SSSR count). The number of nitrogens with zero attached hydrogens (tertiary/aromatic N) is 3. The van der Waals surface area contributed by atoms with Crippen LogP contribution in [0, 0.1) is 0 Å². The van der Waals surface area contributed by atoms with Crippen LogP contribution in [-0.4, -0.2) is 32.3 Å². The smallest absolute Gasteiger partial charge is 0.410 e. The van der Waals surface area contributed by atoms with Crippen LogP contribution in [0.2, 0.25) is 0 Å². The number of rotatable bonds is 5. The third-order valence-electron chi connectivity index (χ3n) is 6.44. The molecule has 0 radical (unpaired) electrons. The van der Waals surface area contributed by atoms with Crippen molar-refractivity contribution in [3.05, 3.63) is 94.0 Å². The van der Waals surface area contributed by atoms with E-state index in [9.17, 15) is 18.4 Å². The van der Waals surface area contributed by atoms with Crippen molar-refractivity contribution < 1.29 is 23.0 Å². The number of ether oxygens (including phenoxy) is 2. The van der Waals surface area contributed by atoms with Crippen molar-refractivity contribution in [1.82, 2.24) is 14.0 Å². The molecule has 7 nitrogen and oxygen atoms in total. The van der Waals surface area contributed by atoms with E-state index in [0.29, 0.717) is 47.6 Å². The van der Waals surface area contributed by atoms with Gasteiger partial charge in [-0.05, 0) is 56.5 Å². The molecule has 0 N–H and O–H groups in total. The summed E-state index contributed by atoms with van der Waals surface area (Å²) in [6.07, 6.45) is 1.47. The predicted molar refractivity (Wildman–Crippen MR) is 140 cm³/mol. The molecular weight excluding hydrogens is 492 g/mol. The van der Waals surface area contributed by atoms with E-state index in [1.807, 2.05) is 30.3 Å². The molecule has 198 valence electrons. The number of fused-ring (bicyclic) bond motifs is 3. The van der Waals surface area contributed by atoms with Crippen molar-refractivity contribution >= 4 is 17.0 Å². The van der Waals surface area contributed by atoms with Gasteiger partial charge in [-0.25, -0.2) is 4.79 Å². The summed E-state index contributed by atoms with van der Waals surface area (Å²) in [5.74, 6) is 0.421. The van der Waals surface area contributed by atoms with E-state index < -0.39 is 18.2 Å². The molecule has 1 aliphatic heterocycles. The first-order valence-electron chi connectivity index (χ1n) is 12.4. The molecule has 9 heteroatoms. The molecule has 3 heterocycles. The molecular formula is C29H29F2N3O4. The van der Waals surface area contributed by atoms with Crippen LogP contribution in [0.15, 0.2) is 71.7 Å². The van der Waals surface area contributed by atoms with E-state index >= 15 is 0 Å². The zero-order chi connectivity index (χ0) is 27.0. The van der Waals surface area contributed by atoms with E-state index in [4.69, 9.17) is 9.47 Å². The van der Waals surface area contributed by atoms with Crippen LogP contribution in [0.25, 0.3) is 16.6 Å². The number of halogens is 2. The normalized spacial score (nSPS) is 13.6. The zero-order valence-electron chi connectivity index (χ0n) is 21.5. The van der Waals surface area contributed by atoms with Crippen LogP contribution < -0.4 is 10.3 Å². The summed E-state index contributed by atoms with van der Waals surface area (Å²) in [6.45, 7) is 3.19. The van der Waals surface area contributed by atoms with Gasteiger partial charge >= 0.3 is 12.6 Å². The lowest BCUT2D eigenvalue weighted by molar-refractivity contribution is 0.0196. The van der Waals surface area contributed by atoms with Crippen LogP contribution in [0.3, 0.4) is 0 Å². The second-order valence-corrected chi connectivity index (χ2v) is 10.3. The highest BCUT2D eigenvalue weighted by molar-refractivity contribution is 5.88. The minimum atomic E-state index is -2.82. The van der Waals surface area contributed by atoms with Gasteiger partial charge in [0.2, 0.25) is 0 Å². The average molecular weight is 522 g/mol. The second kappa shape index (κ2) is 9.96. The summed E-state index contributed by atoms with van der Waals surface area (Å²) < 4.78 is 42.2. The fourth-order valence-electron chi connectivity index (χ4n) is 4.74. The van der Waals surface area contributed by atoms with Gasteiger partial charge in [-0.2, -0.15) is 8.78 Å². The molecule has 0 unspecified atom stereocenters. The summed E-state index contributed by atoms with van der Waals surface area (Å²) in [5.41, 5.74) is 1.87. The molecule has 0 aliphatic carbocycles. The Morgan fingerprint density at radius 1 is 1.05 bits per heavy atom. The lowest BCUT2D eigenvalue weighted by Crippen LogP contribution is -2.40. The van der Waals surface area contributed by atoms with E-state index in [1.165, 1.54) is 15.5 Å². The van der Waals surface area contributed by atoms with Crippen LogP contribution in [0.1, 0.15) is 44.1 Å². The van der Waals surface area contributed by atoms with Crippen molar-refractivity contribution in [2.24, 2.45) is 0 Å². The Kier molecular flexibility index (Phi) is 6.69. The Bertz CT molecular complexity index is 1540. The van der Waals surface area contributed by atoms with Crippen molar-refractivity contribution in [2.75, 3.05) is 6.54 Å². The predicted octanol–water partition coefficient (Wildman–Crippen LogP) is 6.06. The fraction of sp³-hybridized carbons (Fsp3) is 0.310. The number of benzene rings is 2. The molecule has 0 atom stereocenters. The lowest BCUT2D eigenvalue weighted by Gasteiger charge is -2.30. The van der Waals surface area contributed by atoms with Crippen molar-refractivity contribution in [1.29, 1.82) is 0 Å². The van der Waals surface area contributed by atoms with Gasteiger partial charge in [-0.1, -0.05) is 36.4 Å². The van der Waals surface area contributed by atoms with E-state index in [0.717, 1.165) is 15.7 Å². The largest absolute Gasteiger partial charge is 0.489 e. The van der Waals surface area contributed by atoms with Gasteiger partial charge in [0.15, 0.2) is 0 Å². The van der Waals surface area contributed by atoms with Gasteiger partial charge in [0, 0.05) is 29.9 Å². The number of aromatic nitrogens is 2. The summed E-state index contributed by atoms with van der Waals surface area (Å²) in [4.78, 5) is 27.0. The maximum atomic E-state index is 14.4. The zero-order valence-corrected chi connectivity index (χ0v) is 21.5. The van der Waals surface area contributed by atoms with E-state index in [-0.39, 0.29) is 12.1 Å². The molecule has 1 aliphatic rings. The maximum Gasteiger partial charge on any atom is 0.410 e. The van der Waals surface area contributed by atoms with Gasteiger partial charge in [0.1, 0.15) is 18.0 Å². The van der Waals surface area contributed by atoms with Gasteiger partial charge < -0.3 is 14.4 Å². The first-order chi connectivity index (χ1) is 18.1. The molecule has 0 saturated carbocycles. The number of carbonyl (C=O) groups excluding carboxylic acids is 1. The second-order valence-electron chi connectivity index (χ2n) is 10.3. The Balaban J connectivity index is 1.45. The standard InChI is InChI=1S/C29H29F2N3O4/c1-29(2,3)38-28(36)32-13-12-23-22-10-9-20(15-24(22)34(27(30)31)25(23)17-32)33-14-11-21(16-26(33)35)37-18-19-7-5-4-6-8-19/h4-11,14-16,27H,12-13,17-18H2,1-3H3. The van der Waals surface area contributed by atoms with Crippen LogP contribution in [0.4, 0.5) is 13.6 Å². The highest BCUT2D eigenvalue weighted by Crippen LogP contribution is 2.35. The minimum Gasteiger partial charge on any atom is -0.489 e. The number of carbonyl (C=O) groups is 1. The van der Waals surface area contributed by atoms with Crippen molar-refractivity contribution in [2.45, 2.75) is 52.5 Å². The summed E-state index contributed by atoms with van der Waals surface area (Å²) in [5, 5.41) is 0.684. The highest BCUT2D eigenvalue weighted by atomic mass is 19.3. The van der Waals surface area contributed by atoms with E-state index in [2.05, 4.69) is 0 Å². The SMILES string of the molecule is CC(C)(C)OC(=O)N1CCc2c(n(C(F)F)c3cc(-n4ccc(OCc5ccccc5)cc4=O)ccc23)C1. The van der Waals surface area contributed by atoms with Crippen LogP contribution in [0.5, 0.6) is 5.75 Å². The average Bonchev–Trinajstić information content (AvgIpc) is 3.20. The Morgan fingerprint density at radius 2 is 1.82 bits per heavy atom. The number of amides is 1. The Morgan fingerprint density at radius 3 is 2.50 bits per heavy atom. The molecule has 4 aromatic rings. The third kappa shape index (κ3) is 5.14. The molecule has 0 saturated heterocycles. The molecule has 38 heavy (non-hydrogen) atoms. The molecule has 0 spiro atoms. The van der Waals surface area contributed by atoms with Gasteiger partial charge in [0.25, 0.3) is 5.56 Å². The number of pyridine rings is 1. The molecule has 0 bridgehead atoms. The quantitative estimate of drug-likeness (QED) is 0.320. The number of hydrogen-bond donors (Lipinski definition) is 0. The highest BCUT2D eigenvalue weighted by Gasteiger charge is 2.31. The summed E-state index contributed by atoms with van der Waals surface area (Å²) in [6, 6.07) is 17.7. The molecule has 2 aromatic carbocycles. The van der Waals surface area contributed by atoms with Gasteiger partial charge in [-0.3, -0.25) is 13.9 Å². The molecule has 1 amide bonds. The topological polar surface area (TPSA) is 65.7 Å². The molecule has 0 fully saturated rings. The fourth-order valence-corrected chi connectivity index (χ4v) is 4.74. The number of alkyl halides is 2. The van der Waals surface area contributed by atoms with Crippen LogP contribution >= 0.6 is 0 Å². The molecule has 2 aromatic heterocycles. The maximum absolute atomic E-state index is 14.4.